The lowest BCUT2D eigenvalue weighted by atomic mass is 9.96. The largest absolute Gasteiger partial charge is 0.339 e. The molecular formula is C18H20FN3O3S. The molecule has 0 spiro atoms. The van der Waals surface area contributed by atoms with Gasteiger partial charge in [0.25, 0.3) is 5.91 Å². The molecule has 1 aromatic carbocycles. The molecule has 1 fully saturated rings. The second-order valence-corrected chi connectivity index (χ2v) is 8.02. The van der Waals surface area contributed by atoms with Crippen molar-refractivity contribution in [1.29, 1.82) is 0 Å². The summed E-state index contributed by atoms with van der Waals surface area (Å²) in [7, 11) is -3.58. The van der Waals surface area contributed by atoms with Crippen molar-refractivity contribution in [3.8, 4) is 0 Å². The number of pyridine rings is 1. The van der Waals surface area contributed by atoms with E-state index in [1.54, 1.807) is 23.1 Å². The van der Waals surface area contributed by atoms with Gasteiger partial charge in [0.05, 0.1) is 5.56 Å². The fraction of sp³-hybridized carbons (Fsp3) is 0.333. The molecule has 1 amide bonds. The van der Waals surface area contributed by atoms with Gasteiger partial charge < -0.3 is 4.90 Å². The van der Waals surface area contributed by atoms with Gasteiger partial charge in [0.1, 0.15) is 10.7 Å². The number of halogens is 1. The Kier molecular flexibility index (Phi) is 5.63. The van der Waals surface area contributed by atoms with Crippen LogP contribution in [0.1, 0.15) is 23.2 Å². The first-order chi connectivity index (χ1) is 12.5. The van der Waals surface area contributed by atoms with E-state index in [0.717, 1.165) is 0 Å². The molecule has 0 saturated carbocycles. The van der Waals surface area contributed by atoms with Crippen molar-refractivity contribution in [2.24, 2.45) is 5.92 Å². The Morgan fingerprint density at radius 2 is 1.92 bits per heavy atom. The lowest BCUT2D eigenvalue weighted by Gasteiger charge is -2.32. The fourth-order valence-corrected chi connectivity index (χ4v) is 4.04. The predicted molar refractivity (Wildman–Crippen MR) is 94.5 cm³/mol. The highest BCUT2D eigenvalue weighted by molar-refractivity contribution is 7.89. The molecule has 0 bridgehead atoms. The van der Waals surface area contributed by atoms with Crippen LogP contribution < -0.4 is 4.72 Å². The quantitative estimate of drug-likeness (QED) is 0.865. The van der Waals surface area contributed by atoms with Crippen LogP contribution in [0.15, 0.2) is 53.7 Å². The summed E-state index contributed by atoms with van der Waals surface area (Å²) in [6.45, 7) is 1.26. The SMILES string of the molecule is O=C(c1ccccc1F)N1CCC(CNS(=O)(=O)c2cccnc2)CC1. The highest BCUT2D eigenvalue weighted by Crippen LogP contribution is 2.20. The van der Waals surface area contributed by atoms with Gasteiger partial charge in [-0.1, -0.05) is 12.1 Å². The minimum Gasteiger partial charge on any atom is -0.339 e. The molecule has 0 atom stereocenters. The lowest BCUT2D eigenvalue weighted by molar-refractivity contribution is 0.0687. The number of carbonyl (C=O) groups excluding carboxylic acids is 1. The van der Waals surface area contributed by atoms with Crippen LogP contribution in [0, 0.1) is 11.7 Å². The van der Waals surface area contributed by atoms with E-state index in [9.17, 15) is 17.6 Å². The van der Waals surface area contributed by atoms with Gasteiger partial charge in [-0.05, 0) is 43.0 Å². The first-order valence-corrected chi connectivity index (χ1v) is 9.89. The third kappa shape index (κ3) is 4.25. The Balaban J connectivity index is 1.53. The number of nitrogens with one attached hydrogen (secondary N) is 1. The standard InChI is InChI=1S/C18H20FN3O3S/c19-17-6-2-1-5-16(17)18(23)22-10-7-14(8-11-22)12-21-26(24,25)15-4-3-9-20-13-15/h1-6,9,13-14,21H,7-8,10-12H2. The van der Waals surface area contributed by atoms with Crippen LogP contribution in [0.2, 0.25) is 0 Å². The molecule has 2 aromatic rings. The number of likely N-dealkylation sites (tertiary alicyclic amines) is 1. The molecule has 0 aliphatic carbocycles. The van der Waals surface area contributed by atoms with E-state index in [-0.39, 0.29) is 22.3 Å². The number of nitrogens with zero attached hydrogens (tertiary/aromatic N) is 2. The number of aromatic nitrogens is 1. The van der Waals surface area contributed by atoms with Crippen molar-refractivity contribution < 1.29 is 17.6 Å². The van der Waals surface area contributed by atoms with Gasteiger partial charge in [-0.25, -0.2) is 17.5 Å². The van der Waals surface area contributed by atoms with E-state index in [2.05, 4.69) is 9.71 Å². The predicted octanol–water partition coefficient (Wildman–Crippen LogP) is 2.05. The Labute approximate surface area is 152 Å². The molecule has 1 aliphatic heterocycles. The number of sulfonamides is 1. The highest BCUT2D eigenvalue weighted by Gasteiger charge is 2.26. The van der Waals surface area contributed by atoms with E-state index < -0.39 is 15.8 Å². The third-order valence-electron chi connectivity index (χ3n) is 4.51. The molecule has 26 heavy (non-hydrogen) atoms. The minimum atomic E-state index is -3.58. The zero-order valence-corrected chi connectivity index (χ0v) is 15.0. The zero-order valence-electron chi connectivity index (χ0n) is 14.1. The summed E-state index contributed by atoms with van der Waals surface area (Å²) in [6, 6.07) is 8.99. The second-order valence-electron chi connectivity index (χ2n) is 6.26. The van der Waals surface area contributed by atoms with Crippen LogP contribution in [0.25, 0.3) is 0 Å². The Hall–Kier alpha value is -2.32. The number of benzene rings is 1. The average molecular weight is 377 g/mol. The van der Waals surface area contributed by atoms with Crippen LogP contribution >= 0.6 is 0 Å². The topological polar surface area (TPSA) is 79.4 Å². The maximum atomic E-state index is 13.8. The van der Waals surface area contributed by atoms with E-state index in [4.69, 9.17) is 0 Å². The van der Waals surface area contributed by atoms with Crippen molar-refractivity contribution in [1.82, 2.24) is 14.6 Å². The highest BCUT2D eigenvalue weighted by atomic mass is 32.2. The normalized spacial score (nSPS) is 15.8. The van der Waals surface area contributed by atoms with Gasteiger partial charge in [0.2, 0.25) is 10.0 Å². The monoisotopic (exact) mass is 377 g/mol. The summed E-state index contributed by atoms with van der Waals surface area (Å²) >= 11 is 0. The smallest absolute Gasteiger partial charge is 0.256 e. The Morgan fingerprint density at radius 1 is 1.19 bits per heavy atom. The maximum absolute atomic E-state index is 13.8. The molecule has 1 aromatic heterocycles. The summed E-state index contributed by atoms with van der Waals surface area (Å²) in [5.41, 5.74) is 0.0724. The Morgan fingerprint density at radius 3 is 2.58 bits per heavy atom. The van der Waals surface area contributed by atoms with Gasteiger partial charge in [-0.2, -0.15) is 0 Å². The minimum absolute atomic E-state index is 0.0724. The molecular weight excluding hydrogens is 357 g/mol. The fourth-order valence-electron chi connectivity index (χ4n) is 2.96. The molecule has 1 aliphatic rings. The van der Waals surface area contributed by atoms with Crippen molar-refractivity contribution in [2.45, 2.75) is 17.7 Å². The van der Waals surface area contributed by atoms with Crippen molar-refractivity contribution in [2.75, 3.05) is 19.6 Å². The summed E-state index contributed by atoms with van der Waals surface area (Å²) in [6.07, 6.45) is 4.14. The zero-order chi connectivity index (χ0) is 18.6. The molecule has 1 N–H and O–H groups in total. The van der Waals surface area contributed by atoms with Crippen molar-refractivity contribution in [3.05, 3.63) is 60.2 Å². The summed E-state index contributed by atoms with van der Waals surface area (Å²) < 4.78 is 40.8. The van der Waals surface area contributed by atoms with Gasteiger partial charge in [0.15, 0.2) is 0 Å². The molecule has 8 heteroatoms. The summed E-state index contributed by atoms with van der Waals surface area (Å²) in [4.78, 5) is 18.0. The number of carbonyl (C=O) groups is 1. The lowest BCUT2D eigenvalue weighted by Crippen LogP contribution is -2.41. The molecule has 0 unspecified atom stereocenters. The number of rotatable bonds is 5. The number of hydrogen-bond acceptors (Lipinski definition) is 4. The molecule has 3 rings (SSSR count). The number of amides is 1. The third-order valence-corrected chi connectivity index (χ3v) is 5.92. The second kappa shape index (κ2) is 7.92. The van der Waals surface area contributed by atoms with E-state index in [0.29, 0.717) is 32.5 Å². The van der Waals surface area contributed by atoms with Gasteiger partial charge >= 0.3 is 0 Å². The van der Waals surface area contributed by atoms with Crippen LogP contribution in [-0.2, 0) is 10.0 Å². The summed E-state index contributed by atoms with van der Waals surface area (Å²) in [5.74, 6) is -0.715. The van der Waals surface area contributed by atoms with Crippen molar-refractivity contribution >= 4 is 15.9 Å². The van der Waals surface area contributed by atoms with E-state index in [1.165, 1.54) is 30.6 Å². The van der Waals surface area contributed by atoms with Gasteiger partial charge in [0, 0.05) is 32.0 Å². The summed E-state index contributed by atoms with van der Waals surface area (Å²) in [5, 5.41) is 0. The van der Waals surface area contributed by atoms with Gasteiger partial charge in [-0.15, -0.1) is 0 Å². The molecule has 6 nitrogen and oxygen atoms in total. The Bertz CT molecular complexity index is 866. The van der Waals surface area contributed by atoms with E-state index in [1.807, 2.05) is 0 Å². The first kappa shape index (κ1) is 18.5. The van der Waals surface area contributed by atoms with Crippen LogP contribution in [0.3, 0.4) is 0 Å². The number of hydrogen-bond donors (Lipinski definition) is 1. The average Bonchev–Trinajstić information content (AvgIpc) is 2.67. The van der Waals surface area contributed by atoms with Crippen molar-refractivity contribution in [3.63, 3.8) is 0 Å². The van der Waals surface area contributed by atoms with Crippen LogP contribution in [0.4, 0.5) is 4.39 Å². The van der Waals surface area contributed by atoms with Crippen LogP contribution in [-0.4, -0.2) is 43.8 Å². The maximum Gasteiger partial charge on any atom is 0.256 e. The first-order valence-electron chi connectivity index (χ1n) is 8.41. The number of piperidine rings is 1. The molecule has 2 heterocycles. The molecule has 1 saturated heterocycles. The van der Waals surface area contributed by atoms with Crippen LogP contribution in [0.5, 0.6) is 0 Å². The molecule has 138 valence electrons. The van der Waals surface area contributed by atoms with E-state index >= 15 is 0 Å². The van der Waals surface area contributed by atoms with Gasteiger partial charge in [-0.3, -0.25) is 9.78 Å². The molecule has 0 radical (unpaired) electrons.